The van der Waals surface area contributed by atoms with E-state index in [1.165, 1.54) is 11.8 Å². The van der Waals surface area contributed by atoms with Crippen molar-refractivity contribution in [3.8, 4) is 22.6 Å². The highest BCUT2D eigenvalue weighted by molar-refractivity contribution is 5.96. The first-order valence-electron chi connectivity index (χ1n) is 16.5. The van der Waals surface area contributed by atoms with Gasteiger partial charge in [-0.05, 0) is 55.2 Å². The van der Waals surface area contributed by atoms with Crippen LogP contribution in [-0.2, 0) is 30.4 Å². The third kappa shape index (κ3) is 9.95. The van der Waals surface area contributed by atoms with E-state index in [1.807, 2.05) is 25.1 Å². The van der Waals surface area contributed by atoms with Gasteiger partial charge >= 0.3 is 0 Å². The van der Waals surface area contributed by atoms with Crippen LogP contribution in [0.2, 0.25) is 0 Å². The molecule has 1 heterocycles. The molecular formula is C36H50N4O7. The predicted octanol–water partition coefficient (Wildman–Crippen LogP) is 3.54. The van der Waals surface area contributed by atoms with Crippen LogP contribution in [0.5, 0.6) is 11.5 Å². The topological polar surface area (TPSA) is 171 Å². The van der Waals surface area contributed by atoms with Gasteiger partial charge in [-0.3, -0.25) is 24.0 Å². The number of ketones is 3. The minimum absolute atomic E-state index is 0.0377. The van der Waals surface area contributed by atoms with Crippen molar-refractivity contribution in [2.45, 2.75) is 78.3 Å². The van der Waals surface area contributed by atoms with Crippen molar-refractivity contribution in [3.63, 3.8) is 0 Å². The number of nitrogens with zero attached hydrogens (tertiary/aromatic N) is 1. The zero-order valence-corrected chi connectivity index (χ0v) is 28.3. The Morgan fingerprint density at radius 3 is 2.19 bits per heavy atom. The molecule has 4 atom stereocenters. The van der Waals surface area contributed by atoms with Crippen molar-refractivity contribution in [1.29, 1.82) is 0 Å². The highest BCUT2D eigenvalue weighted by atomic mass is 16.5. The average molecular weight is 651 g/mol. The van der Waals surface area contributed by atoms with Gasteiger partial charge in [-0.25, -0.2) is 0 Å². The Morgan fingerprint density at radius 2 is 1.60 bits per heavy atom. The number of carbonyl (C=O) groups is 5. The van der Waals surface area contributed by atoms with Crippen LogP contribution in [0.4, 0.5) is 0 Å². The van der Waals surface area contributed by atoms with E-state index in [0.29, 0.717) is 34.6 Å². The number of benzene rings is 2. The summed E-state index contributed by atoms with van der Waals surface area (Å²) >= 11 is 0. The van der Waals surface area contributed by atoms with E-state index in [4.69, 9.17) is 20.9 Å². The predicted molar refractivity (Wildman–Crippen MR) is 180 cm³/mol. The number of amides is 2. The smallest absolute Gasteiger partial charge is 0.223 e. The van der Waals surface area contributed by atoms with E-state index in [0.717, 1.165) is 12.0 Å². The Morgan fingerprint density at radius 1 is 0.979 bits per heavy atom. The third-order valence-electron chi connectivity index (χ3n) is 8.54. The number of hydrogen-bond acceptors (Lipinski definition) is 9. The van der Waals surface area contributed by atoms with E-state index in [9.17, 15) is 24.0 Å². The number of nitrogens with one attached hydrogen (secondary N) is 1. The second kappa shape index (κ2) is 17.7. The zero-order chi connectivity index (χ0) is 34.7. The van der Waals surface area contributed by atoms with Gasteiger partial charge in [-0.1, -0.05) is 39.3 Å². The first kappa shape index (κ1) is 37.4. The fraction of sp³-hybridized carbons (Fsp3) is 0.528. The molecule has 0 aliphatic carbocycles. The van der Waals surface area contributed by atoms with E-state index < -0.39 is 29.8 Å². The summed E-state index contributed by atoms with van der Waals surface area (Å²) in [7, 11) is 1.61. The molecule has 11 nitrogen and oxygen atoms in total. The SMILES string of the molecule is CCCCC(=O)N(C)[C@@H]1C(=O)C[C@@H](C)C(=O)N[C@H](C(=O)C[C@@H](C)C(C)=O)Cc2ccc(OCCN)c(c2)-c2cc1ccc2OCCN. The lowest BCUT2D eigenvalue weighted by atomic mass is 9.88. The first-order chi connectivity index (χ1) is 22.4. The van der Waals surface area contributed by atoms with E-state index in [1.54, 1.807) is 39.1 Å². The monoisotopic (exact) mass is 650 g/mol. The van der Waals surface area contributed by atoms with Gasteiger partial charge in [-0.15, -0.1) is 0 Å². The molecule has 3 rings (SSSR count). The van der Waals surface area contributed by atoms with Gasteiger partial charge in [0.1, 0.15) is 36.5 Å². The van der Waals surface area contributed by atoms with Gasteiger partial charge in [0.05, 0.1) is 6.04 Å². The maximum Gasteiger partial charge on any atom is 0.223 e. The highest BCUT2D eigenvalue weighted by Crippen LogP contribution is 2.40. The highest BCUT2D eigenvalue weighted by Gasteiger charge is 2.33. The molecule has 47 heavy (non-hydrogen) atoms. The second-order valence-electron chi connectivity index (χ2n) is 12.4. The maximum atomic E-state index is 14.1. The molecule has 2 amide bonds. The number of hydrogen-bond donors (Lipinski definition) is 3. The number of nitrogens with two attached hydrogens (primary N) is 2. The van der Waals surface area contributed by atoms with Gasteiger partial charge < -0.3 is 31.2 Å². The van der Waals surface area contributed by atoms with E-state index in [-0.39, 0.29) is 75.2 Å². The lowest BCUT2D eigenvalue weighted by molar-refractivity contribution is -0.139. The van der Waals surface area contributed by atoms with Crippen LogP contribution < -0.4 is 26.3 Å². The van der Waals surface area contributed by atoms with Crippen LogP contribution in [0.3, 0.4) is 0 Å². The van der Waals surface area contributed by atoms with Crippen LogP contribution in [0.25, 0.3) is 11.1 Å². The Labute approximate surface area is 277 Å². The lowest BCUT2D eigenvalue weighted by Gasteiger charge is -2.30. The summed E-state index contributed by atoms with van der Waals surface area (Å²) in [4.78, 5) is 67.9. The summed E-state index contributed by atoms with van der Waals surface area (Å²) in [5.74, 6) is -1.68. The maximum absolute atomic E-state index is 14.1. The molecule has 0 spiro atoms. The largest absolute Gasteiger partial charge is 0.492 e. The van der Waals surface area contributed by atoms with Gasteiger partial charge in [0.25, 0.3) is 0 Å². The minimum Gasteiger partial charge on any atom is -0.492 e. The number of likely N-dealkylation sites (N-methyl/N-ethyl adjacent to an activating group) is 1. The fourth-order valence-electron chi connectivity index (χ4n) is 5.59. The van der Waals surface area contributed by atoms with Crippen LogP contribution in [0.1, 0.15) is 77.0 Å². The molecule has 1 aliphatic heterocycles. The number of rotatable bonds is 14. The van der Waals surface area contributed by atoms with Gasteiger partial charge in [0.15, 0.2) is 11.6 Å². The molecule has 0 fully saturated rings. The third-order valence-corrected chi connectivity index (χ3v) is 8.54. The number of unbranched alkanes of at least 4 members (excludes halogenated alkanes) is 1. The van der Waals surface area contributed by atoms with Gasteiger partial charge in [0.2, 0.25) is 11.8 Å². The molecule has 2 aromatic rings. The fourth-order valence-corrected chi connectivity index (χ4v) is 5.59. The molecule has 5 N–H and O–H groups in total. The normalized spacial score (nSPS) is 18.8. The quantitative estimate of drug-likeness (QED) is 0.277. The molecule has 0 saturated carbocycles. The van der Waals surface area contributed by atoms with Gasteiger partial charge in [-0.2, -0.15) is 0 Å². The molecular weight excluding hydrogens is 600 g/mol. The molecule has 0 saturated heterocycles. The zero-order valence-electron chi connectivity index (χ0n) is 28.3. The number of fused-ring (bicyclic) bond motifs is 5. The standard InChI is InChI=1S/C36H50N4O7/c1-6-7-8-34(44)40(5)35-26-10-12-33(47-16-14-38)28(21-26)27-19-25(9-11-32(27)46-15-13-37)20-29(30(42)17-22(2)24(4)41)39-36(45)23(3)18-31(35)43/h9-12,19,21-23,29,35H,6-8,13-18,20,37-38H2,1-5H3,(H,39,45)/t22-,23-,29+,35+/m1/s1. The van der Waals surface area contributed by atoms with Crippen molar-refractivity contribution < 1.29 is 33.4 Å². The summed E-state index contributed by atoms with van der Waals surface area (Å²) in [5, 5.41) is 2.87. The summed E-state index contributed by atoms with van der Waals surface area (Å²) in [6.45, 7) is 7.75. The van der Waals surface area contributed by atoms with Crippen molar-refractivity contribution in [2.24, 2.45) is 23.3 Å². The summed E-state index contributed by atoms with van der Waals surface area (Å²) in [5.41, 5.74) is 14.1. The molecule has 0 unspecified atom stereocenters. The molecule has 2 aromatic carbocycles. The average Bonchev–Trinajstić information content (AvgIpc) is 3.04. The van der Waals surface area contributed by atoms with Crippen molar-refractivity contribution in [3.05, 3.63) is 47.5 Å². The second-order valence-corrected chi connectivity index (χ2v) is 12.4. The van der Waals surface area contributed by atoms with Crippen molar-refractivity contribution in [2.75, 3.05) is 33.4 Å². The Kier molecular flexibility index (Phi) is 14.1. The van der Waals surface area contributed by atoms with Crippen LogP contribution in [0, 0.1) is 11.8 Å². The lowest BCUT2D eigenvalue weighted by Crippen LogP contribution is -2.46. The van der Waals surface area contributed by atoms with E-state index in [2.05, 4.69) is 5.32 Å². The van der Waals surface area contributed by atoms with Crippen molar-refractivity contribution >= 4 is 29.2 Å². The van der Waals surface area contributed by atoms with Gasteiger partial charge in [0, 0.05) is 62.4 Å². The Balaban J connectivity index is 2.28. The van der Waals surface area contributed by atoms with Crippen molar-refractivity contribution in [1.82, 2.24) is 10.2 Å². The minimum atomic E-state index is -0.981. The number of Topliss-reactive ketones (excluding diaryl/α,β-unsaturated/α-hetero) is 3. The molecule has 4 bridgehead atoms. The summed E-state index contributed by atoms with van der Waals surface area (Å²) < 4.78 is 12.1. The molecule has 0 aromatic heterocycles. The van der Waals surface area contributed by atoms with Crippen LogP contribution in [-0.4, -0.2) is 73.5 Å². The molecule has 256 valence electrons. The number of carbonyl (C=O) groups excluding carboxylic acids is 5. The molecule has 11 heteroatoms. The van der Waals surface area contributed by atoms with Crippen LogP contribution >= 0.6 is 0 Å². The van der Waals surface area contributed by atoms with Crippen LogP contribution in [0.15, 0.2) is 36.4 Å². The number of ether oxygens (including phenoxy) is 2. The Hall–Kier alpha value is -4.09. The summed E-state index contributed by atoms with van der Waals surface area (Å²) in [6, 6.07) is 8.87. The molecule has 0 radical (unpaired) electrons. The Bertz CT molecular complexity index is 1440. The molecule has 1 aliphatic rings. The summed E-state index contributed by atoms with van der Waals surface area (Å²) in [6.07, 6.45) is 1.72. The first-order valence-corrected chi connectivity index (χ1v) is 16.5. The van der Waals surface area contributed by atoms with E-state index >= 15 is 0 Å².